The summed E-state index contributed by atoms with van der Waals surface area (Å²) < 4.78 is 10.2. The van der Waals surface area contributed by atoms with Crippen molar-refractivity contribution in [1.82, 2.24) is 9.59 Å². The number of nitrogens with zero attached hydrogens (tertiary/aromatic N) is 2. The highest BCUT2D eigenvalue weighted by Gasteiger charge is 2.18. The van der Waals surface area contributed by atoms with Crippen molar-refractivity contribution in [3.05, 3.63) is 40.2 Å². The van der Waals surface area contributed by atoms with Crippen LogP contribution < -0.4 is 5.32 Å². The molecule has 7 heteroatoms. The molecular weight excluding hydrogens is 330 g/mol. The van der Waals surface area contributed by atoms with E-state index < -0.39 is 0 Å². The van der Waals surface area contributed by atoms with Gasteiger partial charge in [-0.25, -0.2) is 0 Å². The van der Waals surface area contributed by atoms with Gasteiger partial charge in [0.15, 0.2) is 5.76 Å². The SMILES string of the molecule is Cc1c(C(=O)Nc2cnns2)oc2ccc(Br)cc12. The zero-order valence-corrected chi connectivity index (χ0v) is 12.2. The molecule has 2 heterocycles. The second-order valence-corrected chi connectivity index (χ2v) is 5.63. The van der Waals surface area contributed by atoms with Crippen LogP contribution in [0.4, 0.5) is 5.00 Å². The van der Waals surface area contributed by atoms with E-state index in [0.717, 1.165) is 27.0 Å². The van der Waals surface area contributed by atoms with Gasteiger partial charge in [-0.3, -0.25) is 4.79 Å². The molecule has 0 spiro atoms. The summed E-state index contributed by atoms with van der Waals surface area (Å²) in [6, 6.07) is 5.64. The van der Waals surface area contributed by atoms with Gasteiger partial charge >= 0.3 is 0 Å². The largest absolute Gasteiger partial charge is 0.451 e. The van der Waals surface area contributed by atoms with Crippen LogP contribution >= 0.6 is 27.5 Å². The van der Waals surface area contributed by atoms with Gasteiger partial charge in [-0.05, 0) is 25.1 Å². The first-order valence-corrected chi connectivity index (χ1v) is 6.99. The van der Waals surface area contributed by atoms with Crippen molar-refractivity contribution in [1.29, 1.82) is 0 Å². The van der Waals surface area contributed by atoms with Gasteiger partial charge in [-0.2, -0.15) is 0 Å². The Hall–Kier alpha value is -1.73. The third kappa shape index (κ3) is 2.26. The quantitative estimate of drug-likeness (QED) is 0.775. The first-order chi connectivity index (χ1) is 9.15. The van der Waals surface area contributed by atoms with E-state index in [-0.39, 0.29) is 5.91 Å². The first kappa shape index (κ1) is 12.3. The molecule has 1 N–H and O–H groups in total. The van der Waals surface area contributed by atoms with Gasteiger partial charge in [0.1, 0.15) is 10.6 Å². The Morgan fingerprint density at radius 3 is 3.05 bits per heavy atom. The Morgan fingerprint density at radius 2 is 2.32 bits per heavy atom. The van der Waals surface area contributed by atoms with Crippen molar-refractivity contribution in [2.24, 2.45) is 0 Å². The lowest BCUT2D eigenvalue weighted by Crippen LogP contribution is -2.10. The molecule has 0 atom stereocenters. The molecular formula is C12H8BrN3O2S. The molecule has 1 amide bonds. The average Bonchev–Trinajstić information content (AvgIpc) is 2.98. The van der Waals surface area contributed by atoms with Gasteiger partial charge in [-0.1, -0.05) is 20.4 Å². The fourth-order valence-corrected chi connectivity index (χ4v) is 2.58. The summed E-state index contributed by atoms with van der Waals surface area (Å²) in [5.74, 6) is 0.0115. The average molecular weight is 338 g/mol. The lowest BCUT2D eigenvalue weighted by Gasteiger charge is -1.98. The van der Waals surface area contributed by atoms with Gasteiger partial charge in [0.25, 0.3) is 5.91 Å². The van der Waals surface area contributed by atoms with Crippen LogP contribution in [0.5, 0.6) is 0 Å². The normalized spacial score (nSPS) is 10.8. The summed E-state index contributed by atoms with van der Waals surface area (Å²) >= 11 is 4.52. The van der Waals surface area contributed by atoms with Gasteiger partial charge in [0.2, 0.25) is 0 Å². The molecule has 0 bridgehead atoms. The van der Waals surface area contributed by atoms with Gasteiger partial charge in [0.05, 0.1) is 6.20 Å². The molecule has 0 saturated carbocycles. The summed E-state index contributed by atoms with van der Waals surface area (Å²) in [4.78, 5) is 12.1. The maximum atomic E-state index is 12.1. The van der Waals surface area contributed by atoms with Gasteiger partial charge in [-0.15, -0.1) is 5.10 Å². The van der Waals surface area contributed by atoms with E-state index in [0.29, 0.717) is 16.3 Å². The maximum Gasteiger partial charge on any atom is 0.292 e. The highest BCUT2D eigenvalue weighted by atomic mass is 79.9. The summed E-state index contributed by atoms with van der Waals surface area (Å²) in [6.45, 7) is 1.86. The fourth-order valence-electron chi connectivity index (χ4n) is 1.80. The van der Waals surface area contributed by atoms with Crippen molar-refractivity contribution >= 4 is 49.3 Å². The number of benzene rings is 1. The second-order valence-electron chi connectivity index (χ2n) is 3.93. The highest BCUT2D eigenvalue weighted by molar-refractivity contribution is 9.10. The van der Waals surface area contributed by atoms with Crippen molar-refractivity contribution < 1.29 is 9.21 Å². The highest BCUT2D eigenvalue weighted by Crippen LogP contribution is 2.28. The van der Waals surface area contributed by atoms with Gasteiger partial charge < -0.3 is 9.73 Å². The number of rotatable bonds is 2. The number of hydrogen-bond acceptors (Lipinski definition) is 5. The van der Waals surface area contributed by atoms with Crippen molar-refractivity contribution in [3.63, 3.8) is 0 Å². The number of fused-ring (bicyclic) bond motifs is 1. The van der Waals surface area contributed by atoms with Crippen LogP contribution in [0.1, 0.15) is 16.1 Å². The smallest absolute Gasteiger partial charge is 0.292 e. The third-order valence-corrected chi connectivity index (χ3v) is 3.78. The minimum atomic E-state index is -0.295. The lowest BCUT2D eigenvalue weighted by molar-refractivity contribution is 0.0998. The molecule has 19 heavy (non-hydrogen) atoms. The van der Waals surface area contributed by atoms with E-state index in [1.54, 1.807) is 0 Å². The Morgan fingerprint density at radius 1 is 1.47 bits per heavy atom. The second kappa shape index (κ2) is 4.75. The number of aryl methyl sites for hydroxylation is 1. The van der Waals surface area contributed by atoms with Crippen LogP contribution in [0.3, 0.4) is 0 Å². The van der Waals surface area contributed by atoms with Crippen LogP contribution in [-0.4, -0.2) is 15.5 Å². The fraction of sp³-hybridized carbons (Fsp3) is 0.0833. The molecule has 1 aromatic carbocycles. The van der Waals surface area contributed by atoms with E-state index in [9.17, 15) is 4.79 Å². The predicted octanol–water partition coefficient (Wildman–Crippen LogP) is 3.61. The number of aromatic nitrogens is 2. The minimum Gasteiger partial charge on any atom is -0.451 e. The van der Waals surface area contributed by atoms with Crippen LogP contribution in [-0.2, 0) is 0 Å². The van der Waals surface area contributed by atoms with E-state index in [1.807, 2.05) is 25.1 Å². The molecule has 2 aromatic heterocycles. The summed E-state index contributed by atoms with van der Waals surface area (Å²) in [6.07, 6.45) is 1.50. The molecule has 0 aliphatic carbocycles. The predicted molar refractivity (Wildman–Crippen MR) is 76.5 cm³/mol. The number of nitrogens with one attached hydrogen (secondary N) is 1. The first-order valence-electron chi connectivity index (χ1n) is 5.42. The molecule has 3 aromatic rings. The van der Waals surface area contributed by atoms with E-state index in [2.05, 4.69) is 30.8 Å². The molecule has 3 rings (SSSR count). The number of furan rings is 1. The van der Waals surface area contributed by atoms with E-state index >= 15 is 0 Å². The number of anilines is 1. The topological polar surface area (TPSA) is 68.0 Å². The summed E-state index contributed by atoms with van der Waals surface area (Å²) in [5, 5.41) is 7.87. The minimum absolute atomic E-state index is 0.295. The van der Waals surface area contributed by atoms with Gasteiger partial charge in [0, 0.05) is 27.0 Å². The Labute approximate surface area is 120 Å². The van der Waals surface area contributed by atoms with E-state index in [4.69, 9.17) is 4.42 Å². The molecule has 96 valence electrons. The Balaban J connectivity index is 2.00. The number of amides is 1. The van der Waals surface area contributed by atoms with Crippen LogP contribution in [0, 0.1) is 6.92 Å². The summed E-state index contributed by atoms with van der Waals surface area (Å²) in [5.41, 5.74) is 1.50. The third-order valence-electron chi connectivity index (χ3n) is 2.70. The molecule has 0 fully saturated rings. The monoisotopic (exact) mass is 337 g/mol. The zero-order chi connectivity index (χ0) is 13.4. The Kier molecular flexibility index (Phi) is 3.08. The van der Waals surface area contributed by atoms with Crippen LogP contribution in [0.2, 0.25) is 0 Å². The molecule has 0 aliphatic rings. The molecule has 0 aliphatic heterocycles. The van der Waals surface area contributed by atoms with Crippen LogP contribution in [0.15, 0.2) is 33.3 Å². The van der Waals surface area contributed by atoms with Crippen molar-refractivity contribution in [2.75, 3.05) is 5.32 Å². The van der Waals surface area contributed by atoms with Crippen molar-refractivity contribution in [3.8, 4) is 0 Å². The number of halogens is 1. The number of carbonyl (C=O) groups is 1. The maximum absolute atomic E-state index is 12.1. The standard InChI is InChI=1S/C12H8BrN3O2S/c1-6-8-4-7(13)2-3-9(8)18-11(6)12(17)15-10-5-14-16-19-10/h2-5H,1H3,(H,15,17). The molecule has 5 nitrogen and oxygen atoms in total. The van der Waals surface area contributed by atoms with Crippen molar-refractivity contribution in [2.45, 2.75) is 6.92 Å². The molecule has 0 unspecified atom stereocenters. The number of hydrogen-bond donors (Lipinski definition) is 1. The van der Waals surface area contributed by atoms with E-state index in [1.165, 1.54) is 6.20 Å². The molecule has 0 radical (unpaired) electrons. The zero-order valence-electron chi connectivity index (χ0n) is 9.81. The van der Waals surface area contributed by atoms with Crippen LogP contribution in [0.25, 0.3) is 11.0 Å². The lowest BCUT2D eigenvalue weighted by atomic mass is 10.1. The molecule has 0 saturated heterocycles. The summed E-state index contributed by atoms with van der Waals surface area (Å²) in [7, 11) is 0. The number of carbonyl (C=O) groups excluding carboxylic acids is 1. The Bertz CT molecular complexity index is 752.